The van der Waals surface area contributed by atoms with Gasteiger partial charge in [0.25, 0.3) is 0 Å². The van der Waals surface area contributed by atoms with E-state index in [1.54, 1.807) is 0 Å². The maximum Gasteiger partial charge on any atom is 0.303 e. The molecule has 0 bridgehead atoms. The molecule has 122 valence electrons. The van der Waals surface area contributed by atoms with Crippen LogP contribution in [0.3, 0.4) is 0 Å². The third-order valence-electron chi connectivity index (χ3n) is 3.26. The molecular formula is C15H28N2O4. The molecular weight excluding hydrogens is 272 g/mol. The molecule has 0 aromatic carbocycles. The first kappa shape index (κ1) is 19.4. The van der Waals surface area contributed by atoms with E-state index < -0.39 is 5.97 Å². The van der Waals surface area contributed by atoms with Crippen LogP contribution in [0.2, 0.25) is 0 Å². The van der Waals surface area contributed by atoms with Gasteiger partial charge in [0.15, 0.2) is 0 Å². The summed E-state index contributed by atoms with van der Waals surface area (Å²) < 4.78 is 0. The monoisotopic (exact) mass is 300 g/mol. The summed E-state index contributed by atoms with van der Waals surface area (Å²) in [5, 5.41) is 14.1. The van der Waals surface area contributed by atoms with Crippen LogP contribution in [0.5, 0.6) is 0 Å². The second kappa shape index (κ2) is 12.2. The van der Waals surface area contributed by atoms with Crippen molar-refractivity contribution in [2.24, 2.45) is 5.92 Å². The fourth-order valence-electron chi connectivity index (χ4n) is 1.91. The van der Waals surface area contributed by atoms with E-state index in [9.17, 15) is 14.4 Å². The molecule has 0 aliphatic carbocycles. The molecule has 21 heavy (non-hydrogen) atoms. The van der Waals surface area contributed by atoms with Crippen molar-refractivity contribution in [1.29, 1.82) is 0 Å². The smallest absolute Gasteiger partial charge is 0.303 e. The third-order valence-corrected chi connectivity index (χ3v) is 3.26. The van der Waals surface area contributed by atoms with Crippen LogP contribution in [0.1, 0.15) is 58.8 Å². The molecule has 0 aromatic heterocycles. The number of hydrogen-bond donors (Lipinski definition) is 3. The van der Waals surface area contributed by atoms with Gasteiger partial charge in [0.1, 0.15) is 0 Å². The van der Waals surface area contributed by atoms with Gasteiger partial charge in [0.2, 0.25) is 11.8 Å². The maximum absolute atomic E-state index is 11.6. The zero-order valence-electron chi connectivity index (χ0n) is 13.1. The van der Waals surface area contributed by atoms with Crippen LogP contribution < -0.4 is 10.6 Å². The Bertz CT molecular complexity index is 332. The Balaban J connectivity index is 3.41. The Kier molecular flexibility index (Phi) is 11.3. The summed E-state index contributed by atoms with van der Waals surface area (Å²) in [6.07, 6.45) is 4.77. The molecule has 1 unspecified atom stereocenters. The molecule has 0 saturated heterocycles. The predicted molar refractivity (Wildman–Crippen MR) is 80.8 cm³/mol. The van der Waals surface area contributed by atoms with Crippen molar-refractivity contribution in [3.8, 4) is 0 Å². The molecule has 0 aliphatic heterocycles. The number of aliphatic carboxylic acids is 1. The minimum atomic E-state index is -0.773. The highest BCUT2D eigenvalue weighted by molar-refractivity contribution is 5.75. The number of rotatable bonds is 12. The lowest BCUT2D eigenvalue weighted by molar-refractivity contribution is -0.137. The second-order valence-corrected chi connectivity index (χ2v) is 5.47. The number of nitrogens with one attached hydrogen (secondary N) is 2. The Labute approximate surface area is 126 Å². The first-order chi connectivity index (χ1) is 9.91. The summed E-state index contributed by atoms with van der Waals surface area (Å²) in [4.78, 5) is 32.6. The zero-order valence-corrected chi connectivity index (χ0v) is 13.1. The molecule has 1 atom stereocenters. The Morgan fingerprint density at radius 2 is 1.67 bits per heavy atom. The molecule has 0 aliphatic rings. The third kappa shape index (κ3) is 14.6. The van der Waals surface area contributed by atoms with E-state index in [1.807, 2.05) is 6.92 Å². The summed E-state index contributed by atoms with van der Waals surface area (Å²) in [6.45, 7) is 4.76. The molecule has 6 heteroatoms. The van der Waals surface area contributed by atoms with Crippen molar-refractivity contribution in [2.75, 3.05) is 13.1 Å². The Morgan fingerprint density at radius 3 is 2.29 bits per heavy atom. The lowest BCUT2D eigenvalue weighted by Gasteiger charge is -2.10. The molecule has 0 aromatic rings. The van der Waals surface area contributed by atoms with Gasteiger partial charge in [-0.3, -0.25) is 14.4 Å². The summed E-state index contributed by atoms with van der Waals surface area (Å²) in [5.41, 5.74) is 0. The minimum absolute atomic E-state index is 0.0234. The van der Waals surface area contributed by atoms with E-state index in [1.165, 1.54) is 6.92 Å². The van der Waals surface area contributed by atoms with Crippen molar-refractivity contribution in [1.82, 2.24) is 10.6 Å². The number of carbonyl (C=O) groups excluding carboxylic acids is 2. The van der Waals surface area contributed by atoms with Gasteiger partial charge in [0, 0.05) is 32.9 Å². The number of unbranched alkanes of at least 4 members (excludes halogenated alkanes) is 2. The molecule has 0 heterocycles. The summed E-state index contributed by atoms with van der Waals surface area (Å²) in [5.74, 6) is -0.450. The fourth-order valence-corrected chi connectivity index (χ4v) is 1.91. The average molecular weight is 300 g/mol. The topological polar surface area (TPSA) is 95.5 Å². The quantitative estimate of drug-likeness (QED) is 0.478. The predicted octanol–water partition coefficient (Wildman–Crippen LogP) is 1.69. The number of carbonyl (C=O) groups is 3. The summed E-state index contributed by atoms with van der Waals surface area (Å²) in [7, 11) is 0. The first-order valence-electron chi connectivity index (χ1n) is 7.64. The normalized spacial score (nSPS) is 11.7. The van der Waals surface area contributed by atoms with Crippen LogP contribution in [0.4, 0.5) is 0 Å². The van der Waals surface area contributed by atoms with E-state index in [0.717, 1.165) is 25.7 Å². The standard InChI is InChI=1S/C15H28N2O4/c1-12(7-8-15(20)21)9-11-17-14(19)6-4-3-5-10-16-13(2)18/h12H,3-11H2,1-2H3,(H,16,18)(H,17,19)(H,20,21). The van der Waals surface area contributed by atoms with Gasteiger partial charge in [-0.1, -0.05) is 13.3 Å². The molecule has 0 radical (unpaired) electrons. The van der Waals surface area contributed by atoms with E-state index in [0.29, 0.717) is 31.8 Å². The lowest BCUT2D eigenvalue weighted by atomic mass is 10.0. The minimum Gasteiger partial charge on any atom is -0.481 e. The Hall–Kier alpha value is -1.59. The van der Waals surface area contributed by atoms with E-state index in [-0.39, 0.29) is 18.2 Å². The van der Waals surface area contributed by atoms with E-state index in [4.69, 9.17) is 5.11 Å². The van der Waals surface area contributed by atoms with Gasteiger partial charge in [0.05, 0.1) is 0 Å². The Morgan fingerprint density at radius 1 is 0.952 bits per heavy atom. The number of carboxylic acids is 1. The van der Waals surface area contributed by atoms with Crippen LogP contribution in [0.15, 0.2) is 0 Å². The first-order valence-corrected chi connectivity index (χ1v) is 7.64. The highest BCUT2D eigenvalue weighted by atomic mass is 16.4. The molecule has 2 amide bonds. The molecule has 0 rings (SSSR count). The molecule has 6 nitrogen and oxygen atoms in total. The molecule has 0 fully saturated rings. The zero-order chi connectivity index (χ0) is 16.1. The fraction of sp³-hybridized carbons (Fsp3) is 0.800. The van der Waals surface area contributed by atoms with Gasteiger partial charge in [-0.25, -0.2) is 0 Å². The van der Waals surface area contributed by atoms with Crippen molar-refractivity contribution >= 4 is 17.8 Å². The van der Waals surface area contributed by atoms with Gasteiger partial charge in [-0.15, -0.1) is 0 Å². The van der Waals surface area contributed by atoms with Crippen molar-refractivity contribution < 1.29 is 19.5 Å². The van der Waals surface area contributed by atoms with Gasteiger partial charge in [-0.05, 0) is 31.6 Å². The average Bonchev–Trinajstić information content (AvgIpc) is 2.40. The molecule has 0 spiro atoms. The maximum atomic E-state index is 11.6. The largest absolute Gasteiger partial charge is 0.481 e. The van der Waals surface area contributed by atoms with Crippen LogP contribution >= 0.6 is 0 Å². The number of amides is 2. The second-order valence-electron chi connectivity index (χ2n) is 5.47. The van der Waals surface area contributed by atoms with E-state index in [2.05, 4.69) is 10.6 Å². The van der Waals surface area contributed by atoms with Gasteiger partial charge >= 0.3 is 5.97 Å². The summed E-state index contributed by atoms with van der Waals surface area (Å²) >= 11 is 0. The van der Waals surface area contributed by atoms with Crippen LogP contribution in [-0.2, 0) is 14.4 Å². The van der Waals surface area contributed by atoms with Crippen molar-refractivity contribution in [3.63, 3.8) is 0 Å². The number of carboxylic acid groups (broad SMARTS) is 1. The lowest BCUT2D eigenvalue weighted by Crippen LogP contribution is -2.25. The number of hydrogen-bond acceptors (Lipinski definition) is 3. The van der Waals surface area contributed by atoms with Crippen LogP contribution in [0, 0.1) is 5.92 Å². The SMILES string of the molecule is CC(=O)NCCCCCC(=O)NCCC(C)CCC(=O)O. The van der Waals surface area contributed by atoms with Crippen LogP contribution in [-0.4, -0.2) is 36.0 Å². The van der Waals surface area contributed by atoms with Crippen molar-refractivity contribution in [2.45, 2.75) is 58.8 Å². The molecule has 0 saturated carbocycles. The van der Waals surface area contributed by atoms with Crippen LogP contribution in [0.25, 0.3) is 0 Å². The highest BCUT2D eigenvalue weighted by Crippen LogP contribution is 2.09. The van der Waals surface area contributed by atoms with E-state index >= 15 is 0 Å². The highest BCUT2D eigenvalue weighted by Gasteiger charge is 2.06. The molecule has 3 N–H and O–H groups in total. The summed E-state index contributed by atoms with van der Waals surface area (Å²) in [6, 6.07) is 0. The van der Waals surface area contributed by atoms with Gasteiger partial charge in [-0.2, -0.15) is 0 Å². The van der Waals surface area contributed by atoms with Crippen molar-refractivity contribution in [3.05, 3.63) is 0 Å². The van der Waals surface area contributed by atoms with Gasteiger partial charge < -0.3 is 15.7 Å².